The number of hydrogen-bond donors (Lipinski definition) is 0. The minimum absolute atomic E-state index is 0.166. The molecule has 0 N–H and O–H groups in total. The number of aromatic nitrogens is 1. The first-order valence-electron chi connectivity index (χ1n) is 10.9. The lowest BCUT2D eigenvalue weighted by molar-refractivity contribution is 0.0277. The summed E-state index contributed by atoms with van der Waals surface area (Å²) in [5.74, 6) is 0.538. The second kappa shape index (κ2) is 8.82. The van der Waals surface area contributed by atoms with Gasteiger partial charge in [0.1, 0.15) is 5.75 Å². The zero-order chi connectivity index (χ0) is 23.0. The van der Waals surface area contributed by atoms with E-state index in [0.29, 0.717) is 29.8 Å². The molecule has 0 atom stereocenters. The number of methoxy groups -OCH3 is 1. The standard InChI is InChI=1S/C26H24BrN3O3/c1-33-23-9-5-2-6-18(23)17-29-10-12-30(13-11-29)26(19-14-20(27)16-28-15-19)24(31)21-7-3-4-8-22(21)25(26)32/h2-9,14-16H,10-13,17H2,1H3. The van der Waals surface area contributed by atoms with Crippen molar-refractivity contribution in [3.63, 3.8) is 0 Å². The maximum Gasteiger partial charge on any atom is 0.196 e. The van der Waals surface area contributed by atoms with E-state index < -0.39 is 5.54 Å². The van der Waals surface area contributed by atoms with E-state index in [9.17, 15) is 9.59 Å². The summed E-state index contributed by atoms with van der Waals surface area (Å²) < 4.78 is 6.24. The minimum Gasteiger partial charge on any atom is -0.496 e. The van der Waals surface area contributed by atoms with Crippen molar-refractivity contribution in [2.75, 3.05) is 33.3 Å². The van der Waals surface area contributed by atoms with E-state index in [1.807, 2.05) is 41.3 Å². The lowest BCUT2D eigenvalue weighted by Crippen LogP contribution is -2.60. The highest BCUT2D eigenvalue weighted by atomic mass is 79.9. The summed E-state index contributed by atoms with van der Waals surface area (Å²) in [6.07, 6.45) is 3.31. The minimum atomic E-state index is -1.38. The summed E-state index contributed by atoms with van der Waals surface area (Å²) in [5, 5.41) is 0. The van der Waals surface area contributed by atoms with Crippen molar-refractivity contribution in [1.29, 1.82) is 0 Å². The Hall–Kier alpha value is -2.87. The van der Waals surface area contributed by atoms with Crippen LogP contribution in [0.3, 0.4) is 0 Å². The van der Waals surface area contributed by atoms with E-state index in [2.05, 4.69) is 31.9 Å². The molecule has 0 unspecified atom stereocenters. The van der Waals surface area contributed by atoms with Crippen LogP contribution in [-0.2, 0) is 12.1 Å². The quantitative estimate of drug-likeness (QED) is 0.489. The average molecular weight is 506 g/mol. The number of halogens is 1. The van der Waals surface area contributed by atoms with Crippen LogP contribution >= 0.6 is 15.9 Å². The lowest BCUT2D eigenvalue weighted by Gasteiger charge is -2.44. The number of benzene rings is 2. The molecular weight excluding hydrogens is 482 g/mol. The highest BCUT2D eigenvalue weighted by Crippen LogP contribution is 2.43. The zero-order valence-electron chi connectivity index (χ0n) is 18.3. The summed E-state index contributed by atoms with van der Waals surface area (Å²) in [5.41, 5.74) is 1.33. The van der Waals surface area contributed by atoms with Crippen molar-refractivity contribution < 1.29 is 14.3 Å². The Labute approximate surface area is 201 Å². The Morgan fingerprint density at radius 2 is 1.58 bits per heavy atom. The molecule has 168 valence electrons. The van der Waals surface area contributed by atoms with Gasteiger partial charge in [-0.05, 0) is 28.1 Å². The molecular formula is C26H24BrN3O3. The normalized spacial score (nSPS) is 18.4. The summed E-state index contributed by atoms with van der Waals surface area (Å²) in [6.45, 7) is 3.40. The molecule has 1 aromatic heterocycles. The molecule has 2 aromatic carbocycles. The Morgan fingerprint density at radius 1 is 0.939 bits per heavy atom. The van der Waals surface area contributed by atoms with Crippen molar-refractivity contribution in [1.82, 2.24) is 14.8 Å². The molecule has 2 aliphatic rings. The molecule has 7 heteroatoms. The second-order valence-electron chi connectivity index (χ2n) is 8.38. The van der Waals surface area contributed by atoms with E-state index in [0.717, 1.165) is 35.4 Å². The van der Waals surface area contributed by atoms with Crippen molar-refractivity contribution in [3.8, 4) is 5.75 Å². The largest absolute Gasteiger partial charge is 0.496 e. The first-order valence-corrected chi connectivity index (χ1v) is 11.7. The number of fused-ring (bicyclic) bond motifs is 1. The van der Waals surface area contributed by atoms with Crippen LogP contribution in [0.1, 0.15) is 31.8 Å². The number of ether oxygens (including phenoxy) is 1. The third-order valence-electron chi connectivity index (χ3n) is 6.63. The van der Waals surface area contributed by atoms with Crippen LogP contribution in [0.2, 0.25) is 0 Å². The zero-order valence-corrected chi connectivity index (χ0v) is 19.9. The van der Waals surface area contributed by atoms with Gasteiger partial charge in [-0.25, -0.2) is 0 Å². The number of hydrogen-bond acceptors (Lipinski definition) is 6. The molecule has 0 spiro atoms. The summed E-state index contributed by atoms with van der Waals surface area (Å²) in [4.78, 5) is 36.4. The molecule has 1 aliphatic heterocycles. The summed E-state index contributed by atoms with van der Waals surface area (Å²) >= 11 is 3.47. The molecule has 1 aliphatic carbocycles. The number of carbonyl (C=O) groups is 2. The second-order valence-corrected chi connectivity index (χ2v) is 9.30. The van der Waals surface area contributed by atoms with Gasteiger partial charge in [-0.3, -0.25) is 24.4 Å². The van der Waals surface area contributed by atoms with Gasteiger partial charge in [-0.1, -0.05) is 42.5 Å². The van der Waals surface area contributed by atoms with Crippen molar-refractivity contribution in [2.24, 2.45) is 0 Å². The SMILES string of the molecule is COc1ccccc1CN1CCN(C2(c3cncc(Br)c3)C(=O)c3ccccc3C2=O)CC1. The molecule has 33 heavy (non-hydrogen) atoms. The van der Waals surface area contributed by atoms with Crippen LogP contribution in [0.4, 0.5) is 0 Å². The molecule has 5 rings (SSSR count). The van der Waals surface area contributed by atoms with E-state index in [4.69, 9.17) is 4.74 Å². The van der Waals surface area contributed by atoms with Crippen molar-refractivity contribution in [2.45, 2.75) is 12.1 Å². The molecule has 1 fully saturated rings. The number of rotatable bonds is 5. The number of piperazine rings is 1. The number of para-hydroxylation sites is 1. The topological polar surface area (TPSA) is 62.7 Å². The number of carbonyl (C=O) groups excluding carboxylic acids is 2. The summed E-state index contributed by atoms with van der Waals surface area (Å²) in [6, 6.07) is 17.0. The number of ketones is 2. The molecule has 0 saturated carbocycles. The Kier molecular flexibility index (Phi) is 5.86. The Morgan fingerprint density at radius 3 is 2.21 bits per heavy atom. The van der Waals surface area contributed by atoms with Crippen LogP contribution in [0.15, 0.2) is 71.5 Å². The first kappa shape index (κ1) is 21.9. The highest BCUT2D eigenvalue weighted by molar-refractivity contribution is 9.10. The van der Waals surface area contributed by atoms with Gasteiger partial charge in [0.2, 0.25) is 0 Å². The molecule has 0 amide bonds. The maximum atomic E-state index is 13.9. The van der Waals surface area contributed by atoms with Gasteiger partial charge in [0, 0.05) is 71.8 Å². The smallest absolute Gasteiger partial charge is 0.196 e. The van der Waals surface area contributed by atoms with Gasteiger partial charge in [0.15, 0.2) is 17.1 Å². The summed E-state index contributed by atoms with van der Waals surface area (Å²) in [7, 11) is 1.68. The van der Waals surface area contributed by atoms with E-state index in [1.54, 1.807) is 31.6 Å². The van der Waals surface area contributed by atoms with E-state index in [-0.39, 0.29) is 11.6 Å². The number of pyridine rings is 1. The van der Waals surface area contributed by atoms with Gasteiger partial charge < -0.3 is 4.74 Å². The molecule has 3 aromatic rings. The van der Waals surface area contributed by atoms with E-state index >= 15 is 0 Å². The first-order chi connectivity index (χ1) is 16.1. The lowest BCUT2D eigenvalue weighted by atomic mass is 9.83. The van der Waals surface area contributed by atoms with Crippen molar-refractivity contribution >= 4 is 27.5 Å². The van der Waals surface area contributed by atoms with Gasteiger partial charge >= 0.3 is 0 Å². The molecule has 0 radical (unpaired) electrons. The van der Waals surface area contributed by atoms with Crippen LogP contribution in [0, 0.1) is 0 Å². The van der Waals surface area contributed by atoms with Gasteiger partial charge in [-0.15, -0.1) is 0 Å². The van der Waals surface area contributed by atoms with Crippen LogP contribution in [0.5, 0.6) is 5.75 Å². The Balaban J connectivity index is 1.46. The van der Waals surface area contributed by atoms with Gasteiger partial charge in [-0.2, -0.15) is 0 Å². The molecule has 1 saturated heterocycles. The predicted molar refractivity (Wildman–Crippen MR) is 129 cm³/mol. The van der Waals surface area contributed by atoms with Gasteiger partial charge in [0.25, 0.3) is 0 Å². The fourth-order valence-corrected chi connectivity index (χ4v) is 5.39. The molecule has 0 bridgehead atoms. The fourth-order valence-electron chi connectivity index (χ4n) is 5.03. The molecule has 6 nitrogen and oxygen atoms in total. The third kappa shape index (κ3) is 3.60. The van der Waals surface area contributed by atoms with Gasteiger partial charge in [0.05, 0.1) is 7.11 Å². The highest BCUT2D eigenvalue weighted by Gasteiger charge is 2.58. The van der Waals surface area contributed by atoms with Crippen LogP contribution < -0.4 is 4.74 Å². The van der Waals surface area contributed by atoms with E-state index in [1.165, 1.54) is 0 Å². The average Bonchev–Trinajstić information content (AvgIpc) is 3.08. The Bertz CT molecular complexity index is 1190. The predicted octanol–water partition coefficient (Wildman–Crippen LogP) is 3.95. The maximum absolute atomic E-state index is 13.9. The third-order valence-corrected chi connectivity index (χ3v) is 7.06. The number of Topliss-reactive ketones (excluding diaryl/α,β-unsaturated/α-hetero) is 2. The number of nitrogens with zero attached hydrogens (tertiary/aromatic N) is 3. The monoisotopic (exact) mass is 505 g/mol. The fraction of sp³-hybridized carbons (Fsp3) is 0.269. The molecule has 2 heterocycles. The van der Waals surface area contributed by atoms with Crippen molar-refractivity contribution in [3.05, 3.63) is 93.7 Å². The van der Waals surface area contributed by atoms with Crippen LogP contribution in [0.25, 0.3) is 0 Å². The van der Waals surface area contributed by atoms with Crippen LogP contribution in [-0.4, -0.2) is 59.6 Å².